The summed E-state index contributed by atoms with van der Waals surface area (Å²) in [4.78, 5) is 6.86. The van der Waals surface area contributed by atoms with Gasteiger partial charge in [0.15, 0.2) is 0 Å². The van der Waals surface area contributed by atoms with E-state index >= 15 is 0 Å². The lowest BCUT2D eigenvalue weighted by molar-refractivity contribution is 0.231. The topological polar surface area (TPSA) is 30.2 Å². The minimum Gasteiger partial charge on any atom is -0.296 e. The molecule has 1 aliphatic rings. The van der Waals surface area contributed by atoms with E-state index < -0.39 is 0 Å². The molecule has 1 aliphatic heterocycles. The second-order valence-corrected chi connectivity index (χ2v) is 4.96. The average Bonchev–Trinajstić information content (AvgIpc) is 2.50. The van der Waals surface area contributed by atoms with Gasteiger partial charge in [-0.25, -0.2) is 9.71 Å². The van der Waals surface area contributed by atoms with E-state index in [2.05, 4.69) is 21.3 Å². The van der Waals surface area contributed by atoms with Crippen molar-refractivity contribution < 1.29 is 4.39 Å². The Morgan fingerprint density at radius 1 is 1.05 bits per heavy atom. The number of rotatable bonds is 3. The van der Waals surface area contributed by atoms with Gasteiger partial charge in [-0.15, -0.1) is 0 Å². The second kappa shape index (κ2) is 6.11. The molecule has 0 unspecified atom stereocenters. The summed E-state index contributed by atoms with van der Waals surface area (Å²) in [5.74, 6) is -0.219. The van der Waals surface area contributed by atoms with E-state index in [9.17, 15) is 4.39 Å². The summed E-state index contributed by atoms with van der Waals surface area (Å²) in [5, 5.41) is 4.36. The minimum atomic E-state index is -0.219. The van der Waals surface area contributed by atoms with Crippen LogP contribution >= 0.6 is 0 Å². The highest BCUT2D eigenvalue weighted by Crippen LogP contribution is 2.22. The van der Waals surface area contributed by atoms with Crippen molar-refractivity contribution in [1.29, 1.82) is 0 Å². The van der Waals surface area contributed by atoms with E-state index in [1.54, 1.807) is 18.3 Å². The van der Waals surface area contributed by atoms with Crippen molar-refractivity contribution >= 4 is 0 Å². The standard InChI is InChI=1S/C16H17FN3/c17-15-5-3-13(4-6-15)16-14(2-1-7-19-16)12-20-10-8-18-9-11-20/h1-7H,8-12H2. The Hall–Kier alpha value is -1.78. The van der Waals surface area contributed by atoms with Crippen LogP contribution in [-0.4, -0.2) is 36.1 Å². The number of piperazine rings is 1. The van der Waals surface area contributed by atoms with Gasteiger partial charge in [-0.2, -0.15) is 0 Å². The molecule has 3 rings (SSSR count). The van der Waals surface area contributed by atoms with Crippen LogP contribution in [-0.2, 0) is 6.54 Å². The number of pyridine rings is 1. The van der Waals surface area contributed by atoms with Crippen LogP contribution in [0.25, 0.3) is 11.3 Å². The molecule has 1 aromatic carbocycles. The largest absolute Gasteiger partial charge is 0.296 e. The third-order valence-corrected chi connectivity index (χ3v) is 3.55. The van der Waals surface area contributed by atoms with Gasteiger partial charge in [-0.05, 0) is 35.9 Å². The molecular formula is C16H17FN3. The van der Waals surface area contributed by atoms with E-state index in [4.69, 9.17) is 0 Å². The van der Waals surface area contributed by atoms with Crippen LogP contribution in [0.1, 0.15) is 5.56 Å². The highest BCUT2D eigenvalue weighted by Gasteiger charge is 2.14. The Kier molecular flexibility index (Phi) is 4.04. The zero-order valence-corrected chi connectivity index (χ0v) is 11.3. The fourth-order valence-corrected chi connectivity index (χ4v) is 2.48. The predicted octanol–water partition coefficient (Wildman–Crippen LogP) is 2.31. The molecule has 0 amide bonds. The highest BCUT2D eigenvalue weighted by molar-refractivity contribution is 5.62. The van der Waals surface area contributed by atoms with Crippen LogP contribution in [0, 0.1) is 5.82 Å². The zero-order valence-electron chi connectivity index (χ0n) is 11.3. The Morgan fingerprint density at radius 2 is 1.80 bits per heavy atom. The smallest absolute Gasteiger partial charge is 0.123 e. The van der Waals surface area contributed by atoms with Gasteiger partial charge in [-0.1, -0.05) is 6.07 Å². The third kappa shape index (κ3) is 3.03. The number of benzene rings is 1. The molecule has 0 spiro atoms. The Bertz CT molecular complexity index is 562. The summed E-state index contributed by atoms with van der Waals surface area (Å²) >= 11 is 0. The van der Waals surface area contributed by atoms with Crippen LogP contribution in [0.15, 0.2) is 42.6 Å². The van der Waals surface area contributed by atoms with Crippen LogP contribution in [0.5, 0.6) is 0 Å². The average molecular weight is 270 g/mol. The molecular weight excluding hydrogens is 253 g/mol. The van der Waals surface area contributed by atoms with Crippen LogP contribution in [0.4, 0.5) is 4.39 Å². The zero-order chi connectivity index (χ0) is 13.8. The molecule has 20 heavy (non-hydrogen) atoms. The van der Waals surface area contributed by atoms with Crippen molar-refractivity contribution in [3.8, 4) is 11.3 Å². The van der Waals surface area contributed by atoms with Crippen molar-refractivity contribution in [1.82, 2.24) is 15.2 Å². The molecule has 103 valence electrons. The third-order valence-electron chi connectivity index (χ3n) is 3.55. The molecule has 4 heteroatoms. The summed E-state index contributed by atoms with van der Waals surface area (Å²) in [6.45, 7) is 4.68. The van der Waals surface area contributed by atoms with Gasteiger partial charge >= 0.3 is 0 Å². The lowest BCUT2D eigenvalue weighted by Gasteiger charge is -2.26. The number of nitrogens with zero attached hydrogens (tertiary/aromatic N) is 3. The molecule has 0 N–H and O–H groups in total. The molecule has 0 saturated carbocycles. The van der Waals surface area contributed by atoms with Crippen molar-refractivity contribution in [2.45, 2.75) is 6.54 Å². The number of halogens is 1. The van der Waals surface area contributed by atoms with Crippen molar-refractivity contribution in [3.05, 3.63) is 54.0 Å². The van der Waals surface area contributed by atoms with E-state index in [-0.39, 0.29) is 5.82 Å². The summed E-state index contributed by atoms with van der Waals surface area (Å²) in [5.41, 5.74) is 3.08. The quantitative estimate of drug-likeness (QED) is 0.856. The molecule has 1 radical (unpaired) electrons. The van der Waals surface area contributed by atoms with Gasteiger partial charge in [0.05, 0.1) is 5.69 Å². The number of hydrogen-bond donors (Lipinski definition) is 0. The first kappa shape index (κ1) is 13.2. The summed E-state index contributed by atoms with van der Waals surface area (Å²) < 4.78 is 13.0. The summed E-state index contributed by atoms with van der Waals surface area (Å²) in [7, 11) is 0. The maximum absolute atomic E-state index is 13.0. The van der Waals surface area contributed by atoms with Crippen molar-refractivity contribution in [2.24, 2.45) is 0 Å². The normalized spacial score (nSPS) is 16.2. The monoisotopic (exact) mass is 270 g/mol. The van der Waals surface area contributed by atoms with Gasteiger partial charge in [0.1, 0.15) is 5.82 Å². The first-order chi connectivity index (χ1) is 9.83. The molecule has 0 aliphatic carbocycles. The molecule has 2 heterocycles. The van der Waals surface area contributed by atoms with Crippen molar-refractivity contribution in [3.63, 3.8) is 0 Å². The Labute approximate surface area is 118 Å². The molecule has 3 nitrogen and oxygen atoms in total. The van der Waals surface area contributed by atoms with E-state index in [0.717, 1.165) is 44.0 Å². The number of aromatic nitrogens is 1. The lowest BCUT2D eigenvalue weighted by atomic mass is 10.1. The highest BCUT2D eigenvalue weighted by atomic mass is 19.1. The molecule has 0 bridgehead atoms. The fourth-order valence-electron chi connectivity index (χ4n) is 2.48. The SMILES string of the molecule is Fc1ccc(-c2ncccc2CN2CC[N]CC2)cc1. The van der Waals surface area contributed by atoms with E-state index in [1.165, 1.54) is 17.7 Å². The van der Waals surface area contributed by atoms with Crippen molar-refractivity contribution in [2.75, 3.05) is 26.2 Å². The maximum Gasteiger partial charge on any atom is 0.123 e. The maximum atomic E-state index is 13.0. The van der Waals surface area contributed by atoms with E-state index in [1.807, 2.05) is 6.07 Å². The van der Waals surface area contributed by atoms with Gasteiger partial charge in [0.2, 0.25) is 0 Å². The summed E-state index contributed by atoms with van der Waals surface area (Å²) in [6.07, 6.45) is 1.79. The molecule has 1 fully saturated rings. The molecule has 1 saturated heterocycles. The van der Waals surface area contributed by atoms with Crippen LogP contribution in [0.2, 0.25) is 0 Å². The van der Waals surface area contributed by atoms with Crippen LogP contribution < -0.4 is 5.32 Å². The van der Waals surface area contributed by atoms with Gasteiger partial charge < -0.3 is 0 Å². The molecule has 1 aromatic heterocycles. The first-order valence-electron chi connectivity index (χ1n) is 6.88. The Balaban J connectivity index is 1.85. The van der Waals surface area contributed by atoms with E-state index in [0.29, 0.717) is 0 Å². The first-order valence-corrected chi connectivity index (χ1v) is 6.88. The Morgan fingerprint density at radius 3 is 2.55 bits per heavy atom. The predicted molar refractivity (Wildman–Crippen MR) is 76.8 cm³/mol. The fraction of sp³-hybridized carbons (Fsp3) is 0.312. The minimum absolute atomic E-state index is 0.219. The van der Waals surface area contributed by atoms with Gasteiger partial charge in [0, 0.05) is 44.5 Å². The molecule has 2 aromatic rings. The molecule has 0 atom stereocenters. The summed E-state index contributed by atoms with van der Waals surface area (Å²) in [6, 6.07) is 10.6. The second-order valence-electron chi connectivity index (χ2n) is 4.96. The van der Waals surface area contributed by atoms with Gasteiger partial charge in [-0.3, -0.25) is 9.88 Å². The van der Waals surface area contributed by atoms with Gasteiger partial charge in [0.25, 0.3) is 0 Å². The number of hydrogen-bond acceptors (Lipinski definition) is 2. The lowest BCUT2D eigenvalue weighted by Crippen LogP contribution is -2.39. The van der Waals surface area contributed by atoms with Crippen LogP contribution in [0.3, 0.4) is 0 Å².